The van der Waals surface area contributed by atoms with Crippen molar-refractivity contribution in [3.63, 3.8) is 0 Å². The van der Waals surface area contributed by atoms with Crippen LogP contribution in [0, 0.1) is 5.82 Å². The maximum atomic E-state index is 13.4. The Bertz CT molecular complexity index is 909. The molecule has 5 nitrogen and oxygen atoms in total. The standard InChI is InChI=1S/C17H14ClFN4O/c18-10-3-5-13(20-9-10)17(24)23-7-1-2-15(23)16-21-12-6-4-11(19)8-14(12)22-16/h3-6,8-9,15H,1-2,7H2,(H,21,22)/t15-/m0/s1. The van der Waals surface area contributed by atoms with Gasteiger partial charge in [0.25, 0.3) is 5.91 Å². The number of H-pyrrole nitrogens is 1. The van der Waals surface area contributed by atoms with E-state index in [9.17, 15) is 9.18 Å². The van der Waals surface area contributed by atoms with Crippen LogP contribution in [-0.4, -0.2) is 32.3 Å². The fourth-order valence-corrected chi connectivity index (χ4v) is 3.21. The zero-order chi connectivity index (χ0) is 16.7. The summed E-state index contributed by atoms with van der Waals surface area (Å²) in [5.41, 5.74) is 1.68. The third kappa shape index (κ3) is 2.63. The van der Waals surface area contributed by atoms with Crippen LogP contribution >= 0.6 is 11.6 Å². The maximum Gasteiger partial charge on any atom is 0.273 e. The van der Waals surface area contributed by atoms with Crippen molar-refractivity contribution in [2.45, 2.75) is 18.9 Å². The Morgan fingerprint density at radius 3 is 3.00 bits per heavy atom. The van der Waals surface area contributed by atoms with Crippen molar-refractivity contribution in [2.24, 2.45) is 0 Å². The highest BCUT2D eigenvalue weighted by atomic mass is 35.5. The van der Waals surface area contributed by atoms with E-state index in [1.165, 1.54) is 18.3 Å². The Morgan fingerprint density at radius 1 is 1.33 bits per heavy atom. The van der Waals surface area contributed by atoms with Gasteiger partial charge in [-0.15, -0.1) is 0 Å². The van der Waals surface area contributed by atoms with E-state index in [4.69, 9.17) is 11.6 Å². The largest absolute Gasteiger partial charge is 0.340 e. The summed E-state index contributed by atoms with van der Waals surface area (Å²) in [6.45, 7) is 0.638. The highest BCUT2D eigenvalue weighted by molar-refractivity contribution is 6.30. The van der Waals surface area contributed by atoms with Gasteiger partial charge in [0.05, 0.1) is 22.1 Å². The second-order valence-corrected chi connectivity index (χ2v) is 6.24. The number of benzene rings is 1. The van der Waals surface area contributed by atoms with Gasteiger partial charge in [0.15, 0.2) is 0 Å². The topological polar surface area (TPSA) is 61.9 Å². The number of hydrogen-bond acceptors (Lipinski definition) is 3. The van der Waals surface area contributed by atoms with E-state index in [2.05, 4.69) is 15.0 Å². The number of aromatic amines is 1. The van der Waals surface area contributed by atoms with E-state index in [-0.39, 0.29) is 17.8 Å². The molecule has 0 saturated carbocycles. The predicted octanol–water partition coefficient (Wildman–Crippen LogP) is 3.73. The van der Waals surface area contributed by atoms with Crippen LogP contribution in [-0.2, 0) is 0 Å². The quantitative estimate of drug-likeness (QED) is 0.770. The number of carbonyl (C=O) groups excluding carboxylic acids is 1. The van der Waals surface area contributed by atoms with Crippen LogP contribution in [0.5, 0.6) is 0 Å². The number of imidazole rings is 1. The fraction of sp³-hybridized carbons (Fsp3) is 0.235. The normalized spacial score (nSPS) is 17.6. The molecule has 2 aromatic heterocycles. The number of halogens is 2. The molecule has 3 aromatic rings. The van der Waals surface area contributed by atoms with Gasteiger partial charge in [0, 0.05) is 12.7 Å². The van der Waals surface area contributed by atoms with Crippen molar-refractivity contribution in [3.05, 3.63) is 58.9 Å². The van der Waals surface area contributed by atoms with Crippen molar-refractivity contribution in [1.29, 1.82) is 0 Å². The van der Waals surface area contributed by atoms with Crippen LogP contribution in [0.2, 0.25) is 5.02 Å². The maximum absolute atomic E-state index is 13.4. The summed E-state index contributed by atoms with van der Waals surface area (Å²) in [5, 5.41) is 0.490. The highest BCUT2D eigenvalue weighted by Gasteiger charge is 2.33. The molecule has 4 rings (SSSR count). The van der Waals surface area contributed by atoms with Gasteiger partial charge in [-0.1, -0.05) is 11.6 Å². The molecule has 1 aliphatic heterocycles. The first-order valence-electron chi connectivity index (χ1n) is 7.69. The molecular weight excluding hydrogens is 331 g/mol. The lowest BCUT2D eigenvalue weighted by atomic mass is 10.2. The van der Waals surface area contributed by atoms with E-state index in [0.717, 1.165) is 12.8 Å². The first-order chi connectivity index (χ1) is 11.6. The molecule has 1 fully saturated rings. The van der Waals surface area contributed by atoms with E-state index in [1.54, 1.807) is 23.1 Å². The Hall–Kier alpha value is -2.47. The number of carbonyl (C=O) groups is 1. The lowest BCUT2D eigenvalue weighted by Gasteiger charge is -2.22. The predicted molar refractivity (Wildman–Crippen MR) is 88.3 cm³/mol. The minimum Gasteiger partial charge on any atom is -0.340 e. The SMILES string of the molecule is O=C(c1ccc(Cl)cn1)N1CCC[C@H]1c1nc2ccc(F)cc2[nH]1. The number of amides is 1. The van der Waals surface area contributed by atoms with E-state index >= 15 is 0 Å². The molecule has 7 heteroatoms. The minimum absolute atomic E-state index is 0.152. The number of aromatic nitrogens is 3. The molecule has 0 aliphatic carbocycles. The van der Waals surface area contributed by atoms with E-state index in [0.29, 0.717) is 34.1 Å². The molecule has 0 radical (unpaired) electrons. The average molecular weight is 345 g/mol. The molecule has 1 atom stereocenters. The number of nitrogens with zero attached hydrogens (tertiary/aromatic N) is 3. The van der Waals surface area contributed by atoms with Gasteiger partial charge >= 0.3 is 0 Å². The third-order valence-corrected chi connectivity index (χ3v) is 4.46. The van der Waals surface area contributed by atoms with Crippen molar-refractivity contribution < 1.29 is 9.18 Å². The number of pyridine rings is 1. The zero-order valence-electron chi connectivity index (χ0n) is 12.7. The van der Waals surface area contributed by atoms with Gasteiger partial charge in [-0.2, -0.15) is 0 Å². The van der Waals surface area contributed by atoms with Crippen LogP contribution in [0.4, 0.5) is 4.39 Å². The number of likely N-dealkylation sites (tertiary alicyclic amines) is 1. The highest BCUT2D eigenvalue weighted by Crippen LogP contribution is 2.32. The first-order valence-corrected chi connectivity index (χ1v) is 8.07. The minimum atomic E-state index is -0.317. The molecule has 0 bridgehead atoms. The van der Waals surface area contributed by atoms with Crippen molar-refractivity contribution in [2.75, 3.05) is 6.54 Å². The Labute approximate surface area is 142 Å². The van der Waals surface area contributed by atoms with Crippen molar-refractivity contribution in [1.82, 2.24) is 19.9 Å². The van der Waals surface area contributed by atoms with Crippen molar-refractivity contribution >= 4 is 28.5 Å². The molecule has 1 saturated heterocycles. The summed E-state index contributed by atoms with van der Waals surface area (Å²) >= 11 is 5.83. The van der Waals surface area contributed by atoms with Gasteiger partial charge in [0.2, 0.25) is 0 Å². The Balaban J connectivity index is 1.66. The fourth-order valence-electron chi connectivity index (χ4n) is 3.10. The summed E-state index contributed by atoms with van der Waals surface area (Å²) in [7, 11) is 0. The molecular formula is C17H14ClFN4O. The molecule has 1 aromatic carbocycles. The van der Waals surface area contributed by atoms with E-state index in [1.807, 2.05) is 0 Å². The molecule has 1 N–H and O–H groups in total. The van der Waals surface area contributed by atoms with Crippen LogP contribution in [0.15, 0.2) is 36.5 Å². The molecule has 3 heterocycles. The number of fused-ring (bicyclic) bond motifs is 1. The second kappa shape index (κ2) is 5.87. The lowest BCUT2D eigenvalue weighted by Crippen LogP contribution is -2.31. The summed E-state index contributed by atoms with van der Waals surface area (Å²) in [6.07, 6.45) is 3.15. The Kier molecular flexibility index (Phi) is 3.69. The number of nitrogens with one attached hydrogen (secondary N) is 1. The summed E-state index contributed by atoms with van der Waals surface area (Å²) in [5.74, 6) is 0.207. The Morgan fingerprint density at radius 2 is 2.21 bits per heavy atom. The van der Waals surface area contributed by atoms with Crippen molar-refractivity contribution in [3.8, 4) is 0 Å². The van der Waals surface area contributed by atoms with Crippen LogP contribution in [0.3, 0.4) is 0 Å². The van der Waals surface area contributed by atoms with Gasteiger partial charge in [0.1, 0.15) is 17.3 Å². The molecule has 0 spiro atoms. The summed E-state index contributed by atoms with van der Waals surface area (Å²) < 4.78 is 13.4. The van der Waals surface area contributed by atoms with Gasteiger partial charge in [-0.3, -0.25) is 4.79 Å². The third-order valence-electron chi connectivity index (χ3n) is 4.24. The smallest absolute Gasteiger partial charge is 0.273 e. The molecule has 24 heavy (non-hydrogen) atoms. The number of rotatable bonds is 2. The van der Waals surface area contributed by atoms with Gasteiger partial charge in [-0.25, -0.2) is 14.4 Å². The molecule has 1 amide bonds. The van der Waals surface area contributed by atoms with Crippen LogP contribution in [0.1, 0.15) is 35.2 Å². The van der Waals surface area contributed by atoms with Gasteiger partial charge < -0.3 is 9.88 Å². The molecule has 122 valence electrons. The zero-order valence-corrected chi connectivity index (χ0v) is 13.4. The lowest BCUT2D eigenvalue weighted by molar-refractivity contribution is 0.0724. The van der Waals surface area contributed by atoms with Crippen LogP contribution in [0.25, 0.3) is 11.0 Å². The molecule has 1 aliphatic rings. The van der Waals surface area contributed by atoms with Gasteiger partial charge in [-0.05, 0) is 43.2 Å². The summed E-state index contributed by atoms with van der Waals surface area (Å²) in [6, 6.07) is 7.53. The monoisotopic (exact) mass is 344 g/mol. The molecule has 0 unspecified atom stereocenters. The number of hydrogen-bond donors (Lipinski definition) is 1. The van der Waals surface area contributed by atoms with Crippen LogP contribution < -0.4 is 0 Å². The first kappa shape index (κ1) is 15.1. The average Bonchev–Trinajstić information content (AvgIpc) is 3.20. The second-order valence-electron chi connectivity index (χ2n) is 5.80. The van der Waals surface area contributed by atoms with E-state index < -0.39 is 0 Å². The summed E-state index contributed by atoms with van der Waals surface area (Å²) in [4.78, 5) is 26.2.